The van der Waals surface area contributed by atoms with E-state index in [9.17, 15) is 13.2 Å². The molecule has 1 aromatic carbocycles. The van der Waals surface area contributed by atoms with Crippen LogP contribution in [-0.2, 0) is 27.8 Å². The van der Waals surface area contributed by atoms with Crippen LogP contribution in [0.25, 0.3) is 11.4 Å². The Morgan fingerprint density at radius 2 is 1.85 bits per heavy atom. The predicted molar refractivity (Wildman–Crippen MR) is 95.7 cm³/mol. The average molecular weight is 375 g/mol. The van der Waals surface area contributed by atoms with Gasteiger partial charge in [-0.05, 0) is 12.8 Å². The quantitative estimate of drug-likeness (QED) is 0.820. The van der Waals surface area contributed by atoms with Crippen LogP contribution in [0.1, 0.15) is 18.7 Å². The molecule has 1 aromatic heterocycles. The number of nitrogens with one attached hydrogen (secondary N) is 1. The number of carbonyl (C=O) groups excluding carboxylic acids is 1. The van der Waals surface area contributed by atoms with Crippen molar-refractivity contribution in [3.63, 3.8) is 0 Å². The molecule has 2 aliphatic rings. The third kappa shape index (κ3) is 3.24. The molecule has 4 rings (SSSR count). The average Bonchev–Trinajstić information content (AvgIpc) is 2.92. The number of hydrogen-bond donors (Lipinski definition) is 1. The van der Waals surface area contributed by atoms with Gasteiger partial charge in [-0.15, -0.1) is 0 Å². The minimum Gasteiger partial charge on any atom is -0.349 e. The predicted octanol–water partition coefficient (Wildman–Crippen LogP) is 0.412. The topological polar surface area (TPSA) is 97.2 Å². The Bertz CT molecular complexity index is 931. The van der Waals surface area contributed by atoms with Crippen molar-refractivity contribution < 1.29 is 13.2 Å². The fraction of sp³-hybridized carbons (Fsp3) is 0.471. The maximum absolute atomic E-state index is 12.4. The van der Waals surface area contributed by atoms with Crippen molar-refractivity contribution in [1.29, 1.82) is 0 Å². The Morgan fingerprint density at radius 1 is 1.15 bits per heavy atom. The molecule has 26 heavy (non-hydrogen) atoms. The van der Waals surface area contributed by atoms with Gasteiger partial charge in [-0.3, -0.25) is 4.79 Å². The van der Waals surface area contributed by atoms with Crippen LogP contribution in [0, 0.1) is 0 Å². The Hall–Kier alpha value is -2.26. The second-order valence-electron chi connectivity index (χ2n) is 7.04. The van der Waals surface area contributed by atoms with Gasteiger partial charge in [0.1, 0.15) is 12.4 Å². The van der Waals surface area contributed by atoms with Gasteiger partial charge in [0.05, 0.1) is 6.26 Å². The summed E-state index contributed by atoms with van der Waals surface area (Å²) in [5, 5.41) is 7.60. The summed E-state index contributed by atoms with van der Waals surface area (Å²) in [5.41, 5.74) is 0.447. The highest BCUT2D eigenvalue weighted by Gasteiger charge is 2.41. The number of amides is 1. The van der Waals surface area contributed by atoms with Crippen molar-refractivity contribution >= 4 is 15.9 Å². The number of sulfonamides is 1. The minimum atomic E-state index is -3.21. The summed E-state index contributed by atoms with van der Waals surface area (Å²) < 4.78 is 26.7. The van der Waals surface area contributed by atoms with E-state index in [1.807, 2.05) is 30.3 Å². The zero-order valence-corrected chi connectivity index (χ0v) is 15.4. The number of carbonyl (C=O) groups is 1. The van der Waals surface area contributed by atoms with Crippen LogP contribution in [0.3, 0.4) is 0 Å². The molecule has 2 aliphatic heterocycles. The number of fused-ring (bicyclic) bond motifs is 1. The molecule has 0 aliphatic carbocycles. The molecular formula is C17H21N5O3S. The van der Waals surface area contributed by atoms with E-state index >= 15 is 0 Å². The Kier molecular flexibility index (Phi) is 4.07. The summed E-state index contributed by atoms with van der Waals surface area (Å²) >= 11 is 0. The summed E-state index contributed by atoms with van der Waals surface area (Å²) in [5.74, 6) is 1.26. The van der Waals surface area contributed by atoms with Crippen LogP contribution < -0.4 is 5.32 Å². The molecule has 1 fully saturated rings. The largest absolute Gasteiger partial charge is 0.349 e. The lowest BCUT2D eigenvalue weighted by Crippen LogP contribution is -2.56. The molecule has 1 amide bonds. The van der Waals surface area contributed by atoms with E-state index in [1.165, 1.54) is 10.6 Å². The normalized spacial score (nSPS) is 20.4. The highest BCUT2D eigenvalue weighted by atomic mass is 32.2. The fourth-order valence-corrected chi connectivity index (χ4v) is 4.55. The summed E-state index contributed by atoms with van der Waals surface area (Å²) in [6.45, 7) is 0.935. The number of rotatable bonds is 2. The van der Waals surface area contributed by atoms with Crippen molar-refractivity contribution in [3.05, 3.63) is 36.2 Å². The molecule has 2 aromatic rings. The molecule has 0 radical (unpaired) electrons. The molecule has 1 spiro atoms. The molecule has 9 heteroatoms. The maximum Gasteiger partial charge on any atom is 0.242 e. The van der Waals surface area contributed by atoms with E-state index in [-0.39, 0.29) is 12.5 Å². The van der Waals surface area contributed by atoms with Crippen LogP contribution in [-0.4, -0.2) is 58.3 Å². The van der Waals surface area contributed by atoms with E-state index in [0.717, 1.165) is 11.4 Å². The first-order valence-corrected chi connectivity index (χ1v) is 10.4. The third-order valence-electron chi connectivity index (χ3n) is 5.12. The van der Waals surface area contributed by atoms with Gasteiger partial charge in [0.2, 0.25) is 15.9 Å². The first kappa shape index (κ1) is 17.2. The van der Waals surface area contributed by atoms with E-state index in [1.54, 1.807) is 4.68 Å². The number of piperidine rings is 1. The van der Waals surface area contributed by atoms with Crippen molar-refractivity contribution in [2.24, 2.45) is 0 Å². The lowest BCUT2D eigenvalue weighted by Gasteiger charge is -2.40. The van der Waals surface area contributed by atoms with Gasteiger partial charge in [-0.2, -0.15) is 5.10 Å². The smallest absolute Gasteiger partial charge is 0.242 e. The van der Waals surface area contributed by atoms with Crippen LogP contribution in [0.2, 0.25) is 0 Å². The first-order chi connectivity index (χ1) is 12.3. The lowest BCUT2D eigenvalue weighted by molar-refractivity contribution is -0.123. The molecule has 3 heterocycles. The Labute approximate surface area is 152 Å². The number of hydrogen-bond acceptors (Lipinski definition) is 5. The molecule has 1 saturated heterocycles. The monoisotopic (exact) mass is 375 g/mol. The number of benzene rings is 1. The van der Waals surface area contributed by atoms with E-state index in [0.29, 0.717) is 38.2 Å². The molecule has 8 nitrogen and oxygen atoms in total. The summed E-state index contributed by atoms with van der Waals surface area (Å²) in [4.78, 5) is 17.1. The Morgan fingerprint density at radius 3 is 2.50 bits per heavy atom. The summed E-state index contributed by atoms with van der Waals surface area (Å²) in [6, 6.07) is 9.67. The van der Waals surface area contributed by atoms with Gasteiger partial charge >= 0.3 is 0 Å². The lowest BCUT2D eigenvalue weighted by atomic mass is 9.85. The summed E-state index contributed by atoms with van der Waals surface area (Å²) in [7, 11) is -3.21. The standard InChI is InChI=1S/C17H21N5O3S/c1-26(24,25)21-9-7-17(8-10-21)11-14-18-16(13-5-3-2-4-6-13)20-22(14)12-15(23)19-17/h2-6H,7-12H2,1H3,(H,19,23). The molecular weight excluding hydrogens is 354 g/mol. The number of aromatic nitrogens is 3. The highest BCUT2D eigenvalue weighted by molar-refractivity contribution is 7.88. The van der Waals surface area contributed by atoms with E-state index in [2.05, 4.69) is 15.4 Å². The molecule has 138 valence electrons. The van der Waals surface area contributed by atoms with Crippen LogP contribution in [0.5, 0.6) is 0 Å². The van der Waals surface area contributed by atoms with Gasteiger partial charge in [-0.25, -0.2) is 22.4 Å². The van der Waals surface area contributed by atoms with Gasteiger partial charge in [0.25, 0.3) is 0 Å². The van der Waals surface area contributed by atoms with Crippen LogP contribution in [0.15, 0.2) is 30.3 Å². The maximum atomic E-state index is 12.4. The molecule has 0 saturated carbocycles. The van der Waals surface area contributed by atoms with Gasteiger partial charge in [0.15, 0.2) is 5.82 Å². The summed E-state index contributed by atoms with van der Waals surface area (Å²) in [6.07, 6.45) is 2.91. The molecule has 0 bridgehead atoms. The van der Waals surface area contributed by atoms with Crippen molar-refractivity contribution in [1.82, 2.24) is 24.4 Å². The van der Waals surface area contributed by atoms with E-state index < -0.39 is 15.6 Å². The zero-order valence-electron chi connectivity index (χ0n) is 14.6. The molecule has 1 N–H and O–H groups in total. The highest BCUT2D eigenvalue weighted by Crippen LogP contribution is 2.29. The first-order valence-electron chi connectivity index (χ1n) is 8.60. The second-order valence-corrected chi connectivity index (χ2v) is 9.03. The molecule has 0 atom stereocenters. The fourth-order valence-electron chi connectivity index (χ4n) is 3.71. The van der Waals surface area contributed by atoms with Gasteiger partial charge in [-0.1, -0.05) is 30.3 Å². The second kappa shape index (κ2) is 6.17. The van der Waals surface area contributed by atoms with Crippen molar-refractivity contribution in [2.45, 2.75) is 31.3 Å². The SMILES string of the molecule is CS(=O)(=O)N1CCC2(CC1)Cc1nc(-c3ccccc3)nn1CC(=O)N2. The number of nitrogens with zero attached hydrogens (tertiary/aromatic N) is 4. The van der Waals surface area contributed by atoms with Gasteiger partial charge in [0, 0.05) is 30.6 Å². The Balaban J connectivity index is 1.62. The van der Waals surface area contributed by atoms with Crippen LogP contribution >= 0.6 is 0 Å². The van der Waals surface area contributed by atoms with E-state index in [4.69, 9.17) is 0 Å². The minimum absolute atomic E-state index is 0.110. The van der Waals surface area contributed by atoms with Crippen LogP contribution in [0.4, 0.5) is 0 Å². The third-order valence-corrected chi connectivity index (χ3v) is 6.43. The van der Waals surface area contributed by atoms with Crippen molar-refractivity contribution in [3.8, 4) is 11.4 Å². The zero-order chi connectivity index (χ0) is 18.4. The molecule has 0 unspecified atom stereocenters. The van der Waals surface area contributed by atoms with Gasteiger partial charge < -0.3 is 5.32 Å². The van der Waals surface area contributed by atoms with Crippen molar-refractivity contribution in [2.75, 3.05) is 19.3 Å².